The molecular weight excluding hydrogens is 461 g/mol. The molecule has 2 aromatic heterocycles. The van der Waals surface area contributed by atoms with Gasteiger partial charge in [-0.15, -0.1) is 0 Å². The first-order valence-electron chi connectivity index (χ1n) is 11.5. The summed E-state index contributed by atoms with van der Waals surface area (Å²) in [5.74, 6) is -0.00766. The van der Waals surface area contributed by atoms with Gasteiger partial charge in [0.1, 0.15) is 17.6 Å². The fourth-order valence-electron chi connectivity index (χ4n) is 5.20. The molecule has 9 nitrogen and oxygen atoms in total. The Morgan fingerprint density at radius 3 is 2.63 bits per heavy atom. The van der Waals surface area contributed by atoms with E-state index in [1.165, 1.54) is 12.3 Å². The van der Waals surface area contributed by atoms with E-state index in [9.17, 15) is 23.2 Å². The molecule has 1 aliphatic carbocycles. The number of nitriles is 1. The summed E-state index contributed by atoms with van der Waals surface area (Å²) in [6.45, 7) is 3.70. The highest BCUT2D eigenvalue weighted by atomic mass is 19.4. The average molecular weight is 487 g/mol. The summed E-state index contributed by atoms with van der Waals surface area (Å²) in [5.41, 5.74) is 3.51. The van der Waals surface area contributed by atoms with Crippen LogP contribution in [0.2, 0.25) is 0 Å². The summed E-state index contributed by atoms with van der Waals surface area (Å²) in [6.07, 6.45) is -0.711. The number of pyridine rings is 1. The number of fused-ring (bicyclic) bond motifs is 1. The number of hydrogen-bond donors (Lipinski definition) is 3. The zero-order valence-corrected chi connectivity index (χ0v) is 19.1. The lowest BCUT2D eigenvalue weighted by Gasteiger charge is -2.47. The van der Waals surface area contributed by atoms with Crippen molar-refractivity contribution in [3.63, 3.8) is 0 Å². The van der Waals surface area contributed by atoms with Gasteiger partial charge in [0.15, 0.2) is 0 Å². The van der Waals surface area contributed by atoms with Crippen molar-refractivity contribution >= 4 is 5.91 Å². The lowest BCUT2D eigenvalue weighted by molar-refractivity contribution is -0.141. The molecule has 3 N–H and O–H groups in total. The van der Waals surface area contributed by atoms with Gasteiger partial charge in [0.05, 0.1) is 24.3 Å². The van der Waals surface area contributed by atoms with E-state index in [0.717, 1.165) is 30.4 Å². The van der Waals surface area contributed by atoms with Crippen LogP contribution in [0.15, 0.2) is 30.6 Å². The minimum absolute atomic E-state index is 0.0766. The summed E-state index contributed by atoms with van der Waals surface area (Å²) in [7, 11) is 0. The third-order valence-corrected chi connectivity index (χ3v) is 7.25. The number of halogens is 3. The zero-order valence-electron chi connectivity index (χ0n) is 19.1. The van der Waals surface area contributed by atoms with Crippen LogP contribution in [0, 0.1) is 30.1 Å². The molecule has 2 aliphatic heterocycles. The number of hydrazine groups is 1. The van der Waals surface area contributed by atoms with Gasteiger partial charge in [-0.25, -0.2) is 20.4 Å². The number of rotatable bonds is 4. The molecule has 7 atom stereocenters. The Morgan fingerprint density at radius 2 is 2.03 bits per heavy atom. The van der Waals surface area contributed by atoms with Crippen LogP contribution in [0.4, 0.5) is 13.2 Å². The maximum absolute atomic E-state index is 13.1. The molecule has 0 aromatic carbocycles. The SMILES string of the molecule is Cc1ccnc([C@@H]2CC[C@@H]2C2NC(=O)C3C(C#N)NN([C@@H](C)c4ccc(C(F)(F)F)nc4)C3N2)n1. The molecule has 2 aromatic rings. The number of carbonyl (C=O) groups is 1. The predicted molar refractivity (Wildman–Crippen MR) is 117 cm³/mol. The van der Waals surface area contributed by atoms with Gasteiger partial charge in [0, 0.05) is 36.0 Å². The second-order valence-corrected chi connectivity index (χ2v) is 9.32. The fraction of sp³-hybridized carbons (Fsp3) is 0.522. The number of nitrogens with one attached hydrogen (secondary N) is 3. The first-order valence-corrected chi connectivity index (χ1v) is 11.5. The van der Waals surface area contributed by atoms with E-state index in [4.69, 9.17) is 0 Å². The third kappa shape index (κ3) is 4.24. The third-order valence-electron chi connectivity index (χ3n) is 7.25. The molecular formula is C23H25F3N8O. The van der Waals surface area contributed by atoms with Crippen LogP contribution >= 0.6 is 0 Å². The van der Waals surface area contributed by atoms with Gasteiger partial charge in [-0.05, 0) is 44.4 Å². The average Bonchev–Trinajstić information content (AvgIpc) is 3.17. The molecule has 1 saturated carbocycles. The maximum Gasteiger partial charge on any atom is 0.433 e. The first-order chi connectivity index (χ1) is 16.7. The quantitative estimate of drug-likeness (QED) is 0.602. The molecule has 4 heterocycles. The molecule has 5 rings (SSSR count). The molecule has 0 spiro atoms. The normalized spacial score (nSPS) is 31.7. The Kier molecular flexibility index (Phi) is 5.94. The molecule has 184 valence electrons. The number of alkyl halides is 3. The molecule has 1 amide bonds. The standard InChI is InChI=1S/C23H25F3N8O/c1-11-7-8-28-19(30-11)14-4-5-15(14)20-31-21-18(22(35)32-20)16(9-27)33-34(21)12(2)13-3-6-17(29-10-13)23(24,25)26/h3,6-8,10,12,14-16,18,20-21,31,33H,4-5H2,1-2H3,(H,32,35)/t12-,14+,15-,16?,18?,20?,21?/m0/s1. The van der Waals surface area contributed by atoms with Crippen LogP contribution in [0.1, 0.15) is 54.5 Å². The van der Waals surface area contributed by atoms with Crippen molar-refractivity contribution in [2.75, 3.05) is 0 Å². The second-order valence-electron chi connectivity index (χ2n) is 9.32. The summed E-state index contributed by atoms with van der Waals surface area (Å²) < 4.78 is 38.8. The number of hydrogen-bond acceptors (Lipinski definition) is 8. The van der Waals surface area contributed by atoms with E-state index in [1.807, 2.05) is 13.0 Å². The summed E-state index contributed by atoms with van der Waals surface area (Å²) in [5, 5.41) is 17.9. The van der Waals surface area contributed by atoms with Crippen LogP contribution in [0.5, 0.6) is 0 Å². The van der Waals surface area contributed by atoms with Crippen molar-refractivity contribution in [1.29, 1.82) is 5.26 Å². The number of aryl methyl sites for hydroxylation is 1. The molecule has 0 bridgehead atoms. The summed E-state index contributed by atoms with van der Waals surface area (Å²) in [4.78, 5) is 25.7. The maximum atomic E-state index is 13.1. The van der Waals surface area contributed by atoms with Crippen LogP contribution in [0.25, 0.3) is 0 Å². The highest BCUT2D eigenvalue weighted by molar-refractivity contribution is 5.82. The van der Waals surface area contributed by atoms with Crippen LogP contribution in [-0.4, -0.2) is 44.2 Å². The van der Waals surface area contributed by atoms with Gasteiger partial charge < -0.3 is 5.32 Å². The minimum atomic E-state index is -4.53. The molecule has 3 fully saturated rings. The van der Waals surface area contributed by atoms with Gasteiger partial charge in [-0.1, -0.05) is 6.07 Å². The van der Waals surface area contributed by atoms with Crippen molar-refractivity contribution in [3.8, 4) is 6.07 Å². The minimum Gasteiger partial charge on any atom is -0.340 e. The first kappa shape index (κ1) is 23.6. The largest absolute Gasteiger partial charge is 0.433 e. The number of nitrogens with zero attached hydrogens (tertiary/aromatic N) is 5. The van der Waals surface area contributed by atoms with Gasteiger partial charge in [0.25, 0.3) is 0 Å². The van der Waals surface area contributed by atoms with Crippen LogP contribution in [-0.2, 0) is 11.0 Å². The fourth-order valence-corrected chi connectivity index (χ4v) is 5.20. The smallest absolute Gasteiger partial charge is 0.340 e. The Bertz CT molecular complexity index is 1150. The molecule has 4 unspecified atom stereocenters. The van der Waals surface area contributed by atoms with Crippen LogP contribution < -0.4 is 16.1 Å². The highest BCUT2D eigenvalue weighted by Crippen LogP contribution is 2.44. The lowest BCUT2D eigenvalue weighted by Crippen LogP contribution is -2.68. The van der Waals surface area contributed by atoms with E-state index >= 15 is 0 Å². The Balaban J connectivity index is 1.37. The van der Waals surface area contributed by atoms with E-state index in [2.05, 4.69) is 37.1 Å². The Hall–Kier alpha value is -3.14. The van der Waals surface area contributed by atoms with Gasteiger partial charge in [-0.2, -0.15) is 18.4 Å². The van der Waals surface area contributed by atoms with Crippen LogP contribution in [0.3, 0.4) is 0 Å². The molecule has 35 heavy (non-hydrogen) atoms. The Morgan fingerprint density at radius 1 is 1.23 bits per heavy atom. The monoisotopic (exact) mass is 486 g/mol. The van der Waals surface area contributed by atoms with E-state index < -0.39 is 36.0 Å². The van der Waals surface area contributed by atoms with E-state index in [0.29, 0.717) is 5.56 Å². The van der Waals surface area contributed by atoms with Gasteiger partial charge in [-0.3, -0.25) is 15.1 Å². The lowest BCUT2D eigenvalue weighted by atomic mass is 9.70. The second kappa shape index (κ2) is 8.82. The van der Waals surface area contributed by atoms with E-state index in [-0.39, 0.29) is 23.9 Å². The van der Waals surface area contributed by atoms with E-state index in [1.54, 1.807) is 18.1 Å². The summed E-state index contributed by atoms with van der Waals surface area (Å²) >= 11 is 0. The highest BCUT2D eigenvalue weighted by Gasteiger charge is 2.54. The number of carbonyl (C=O) groups excluding carboxylic acids is 1. The van der Waals surface area contributed by atoms with Gasteiger partial charge in [0.2, 0.25) is 5.91 Å². The van der Waals surface area contributed by atoms with Crippen molar-refractivity contribution in [3.05, 3.63) is 53.4 Å². The molecule has 12 heteroatoms. The predicted octanol–water partition coefficient (Wildman–Crippen LogP) is 2.15. The number of aromatic nitrogens is 3. The summed E-state index contributed by atoms with van der Waals surface area (Å²) in [6, 6.07) is 5.04. The van der Waals surface area contributed by atoms with Crippen molar-refractivity contribution in [2.45, 2.75) is 63.2 Å². The molecule has 2 saturated heterocycles. The Labute approximate surface area is 200 Å². The zero-order chi connectivity index (χ0) is 24.9. The number of amides is 1. The van der Waals surface area contributed by atoms with Gasteiger partial charge >= 0.3 is 6.18 Å². The molecule has 3 aliphatic rings. The molecule has 0 radical (unpaired) electrons. The van der Waals surface area contributed by atoms with Crippen molar-refractivity contribution in [2.24, 2.45) is 11.8 Å². The van der Waals surface area contributed by atoms with Crippen molar-refractivity contribution < 1.29 is 18.0 Å². The topological polar surface area (TPSA) is 119 Å². The van der Waals surface area contributed by atoms with Crippen molar-refractivity contribution in [1.82, 2.24) is 36.0 Å².